The summed E-state index contributed by atoms with van der Waals surface area (Å²) in [5.41, 5.74) is 0. The van der Waals surface area contributed by atoms with Crippen LogP contribution in [0.5, 0.6) is 0 Å². The van der Waals surface area contributed by atoms with Crippen molar-refractivity contribution in [1.29, 1.82) is 0 Å². The van der Waals surface area contributed by atoms with Crippen LogP contribution in [0.1, 0.15) is 20.3 Å². The highest BCUT2D eigenvalue weighted by atomic mass is 16.5. The van der Waals surface area contributed by atoms with Crippen molar-refractivity contribution in [2.24, 2.45) is 0 Å². The lowest BCUT2D eigenvalue weighted by atomic mass is 10.2. The average Bonchev–Trinajstić information content (AvgIpc) is 2.17. The van der Waals surface area contributed by atoms with E-state index < -0.39 is 6.10 Å². The van der Waals surface area contributed by atoms with Gasteiger partial charge in [0.2, 0.25) is 11.5 Å². The van der Waals surface area contributed by atoms with Gasteiger partial charge in [-0.3, -0.25) is 4.79 Å². The average molecular weight is 142 g/mol. The summed E-state index contributed by atoms with van der Waals surface area (Å²) in [7, 11) is 0. The van der Waals surface area contributed by atoms with E-state index >= 15 is 0 Å². The van der Waals surface area contributed by atoms with Crippen molar-refractivity contribution in [3.05, 3.63) is 11.5 Å². The van der Waals surface area contributed by atoms with Crippen molar-refractivity contribution >= 4 is 5.78 Å². The lowest BCUT2D eigenvalue weighted by Gasteiger charge is -2.04. The second kappa shape index (κ2) is 2.33. The van der Waals surface area contributed by atoms with Crippen molar-refractivity contribution in [2.75, 3.05) is 0 Å². The quantitative estimate of drug-likeness (QED) is 0.597. The lowest BCUT2D eigenvalue weighted by Crippen LogP contribution is -2.16. The standard InChI is InChI=1S/C7H10O3/c1-3-5-7(9)6(8)4(2)10-5/h5,8H,3H2,1-2H3. The molecule has 56 valence electrons. The third kappa shape index (κ3) is 0.875. The molecule has 1 rings (SSSR count). The molecule has 10 heavy (non-hydrogen) atoms. The molecule has 0 spiro atoms. The minimum atomic E-state index is -0.444. The number of ketones is 1. The molecular formula is C7H10O3. The van der Waals surface area contributed by atoms with E-state index in [4.69, 9.17) is 9.84 Å². The first-order chi connectivity index (χ1) is 4.66. The Balaban J connectivity index is 2.77. The number of carbonyl (C=O) groups is 1. The van der Waals surface area contributed by atoms with Crippen molar-refractivity contribution in [1.82, 2.24) is 0 Å². The molecule has 0 saturated heterocycles. The smallest absolute Gasteiger partial charge is 0.240 e. The first kappa shape index (κ1) is 7.12. The number of aliphatic hydroxyl groups is 1. The van der Waals surface area contributed by atoms with Crippen LogP contribution in [0.25, 0.3) is 0 Å². The van der Waals surface area contributed by atoms with Gasteiger partial charge in [0.05, 0.1) is 0 Å². The van der Waals surface area contributed by atoms with E-state index in [-0.39, 0.29) is 11.5 Å². The number of Topliss-reactive ketones (excluding diaryl/α,β-unsaturated/α-hetero) is 1. The van der Waals surface area contributed by atoms with Gasteiger partial charge in [-0.25, -0.2) is 0 Å². The number of ether oxygens (including phenoxy) is 1. The van der Waals surface area contributed by atoms with E-state index in [2.05, 4.69) is 0 Å². The highest BCUT2D eigenvalue weighted by Crippen LogP contribution is 2.20. The summed E-state index contributed by atoms with van der Waals surface area (Å²) in [6.45, 7) is 3.43. The van der Waals surface area contributed by atoms with Gasteiger partial charge in [-0.2, -0.15) is 0 Å². The molecule has 1 unspecified atom stereocenters. The van der Waals surface area contributed by atoms with Crippen molar-refractivity contribution < 1.29 is 14.6 Å². The Morgan fingerprint density at radius 2 is 2.30 bits per heavy atom. The Morgan fingerprint density at radius 3 is 2.50 bits per heavy atom. The number of carbonyl (C=O) groups excluding carboxylic acids is 1. The van der Waals surface area contributed by atoms with Crippen molar-refractivity contribution in [3.8, 4) is 0 Å². The number of hydrogen-bond acceptors (Lipinski definition) is 3. The molecule has 1 N–H and O–H groups in total. The van der Waals surface area contributed by atoms with Gasteiger partial charge in [0, 0.05) is 0 Å². The van der Waals surface area contributed by atoms with E-state index in [0.29, 0.717) is 12.2 Å². The molecule has 0 aromatic rings. The van der Waals surface area contributed by atoms with Crippen LogP contribution >= 0.6 is 0 Å². The normalized spacial score (nSPS) is 25.4. The van der Waals surface area contributed by atoms with Crippen LogP contribution in [0.4, 0.5) is 0 Å². The second-order valence-corrected chi connectivity index (χ2v) is 2.28. The van der Waals surface area contributed by atoms with E-state index in [1.807, 2.05) is 6.92 Å². The zero-order chi connectivity index (χ0) is 7.72. The van der Waals surface area contributed by atoms with E-state index in [1.165, 1.54) is 0 Å². The van der Waals surface area contributed by atoms with Crippen LogP contribution in [-0.2, 0) is 9.53 Å². The summed E-state index contributed by atoms with van der Waals surface area (Å²) in [5, 5.41) is 8.97. The zero-order valence-electron chi connectivity index (χ0n) is 6.05. The maximum absolute atomic E-state index is 10.9. The van der Waals surface area contributed by atoms with Crippen molar-refractivity contribution in [2.45, 2.75) is 26.4 Å². The molecule has 3 nitrogen and oxygen atoms in total. The summed E-state index contributed by atoms with van der Waals surface area (Å²) in [6, 6.07) is 0. The molecule has 1 aliphatic rings. The van der Waals surface area contributed by atoms with Gasteiger partial charge < -0.3 is 9.84 Å². The van der Waals surface area contributed by atoms with Gasteiger partial charge in [-0.05, 0) is 13.3 Å². The van der Waals surface area contributed by atoms with Gasteiger partial charge in [0.15, 0.2) is 6.10 Å². The fourth-order valence-corrected chi connectivity index (χ4v) is 0.917. The van der Waals surface area contributed by atoms with Crippen LogP contribution in [0.2, 0.25) is 0 Å². The Bertz CT molecular complexity index is 193. The minimum absolute atomic E-state index is 0.216. The van der Waals surface area contributed by atoms with Gasteiger partial charge in [0.1, 0.15) is 5.76 Å². The highest BCUT2D eigenvalue weighted by molar-refractivity contribution is 5.98. The van der Waals surface area contributed by atoms with Crippen LogP contribution in [0.3, 0.4) is 0 Å². The fraction of sp³-hybridized carbons (Fsp3) is 0.571. The minimum Gasteiger partial charge on any atom is -0.502 e. The molecule has 1 heterocycles. The SMILES string of the molecule is CCC1OC(C)=C(O)C1=O. The molecule has 0 fully saturated rings. The molecule has 0 saturated carbocycles. The molecule has 3 heteroatoms. The summed E-state index contributed by atoms with van der Waals surface area (Å²) < 4.78 is 5.02. The number of aliphatic hydroxyl groups excluding tert-OH is 1. The van der Waals surface area contributed by atoms with Crippen molar-refractivity contribution in [3.63, 3.8) is 0 Å². The Morgan fingerprint density at radius 1 is 1.70 bits per heavy atom. The zero-order valence-corrected chi connectivity index (χ0v) is 6.05. The lowest BCUT2D eigenvalue weighted by molar-refractivity contribution is -0.123. The molecule has 0 amide bonds. The Kier molecular flexibility index (Phi) is 1.66. The van der Waals surface area contributed by atoms with E-state index in [0.717, 1.165) is 0 Å². The van der Waals surface area contributed by atoms with Gasteiger partial charge >= 0.3 is 0 Å². The van der Waals surface area contributed by atoms with Crippen LogP contribution in [-0.4, -0.2) is 17.0 Å². The molecule has 0 aromatic heterocycles. The molecule has 1 aliphatic heterocycles. The predicted octanol–water partition coefficient (Wildman–Crippen LogP) is 1.15. The molecule has 0 bridgehead atoms. The first-order valence-electron chi connectivity index (χ1n) is 3.27. The monoisotopic (exact) mass is 142 g/mol. The summed E-state index contributed by atoms with van der Waals surface area (Å²) in [6.07, 6.45) is 0.167. The Labute approximate surface area is 59.3 Å². The first-order valence-corrected chi connectivity index (χ1v) is 3.27. The molecule has 0 aromatic carbocycles. The van der Waals surface area contributed by atoms with Gasteiger partial charge in [-0.1, -0.05) is 6.92 Å². The molecule has 1 atom stereocenters. The van der Waals surface area contributed by atoms with Crippen LogP contribution in [0, 0.1) is 0 Å². The third-order valence-corrected chi connectivity index (χ3v) is 1.55. The third-order valence-electron chi connectivity index (χ3n) is 1.55. The van der Waals surface area contributed by atoms with Crippen LogP contribution < -0.4 is 0 Å². The molecule has 0 aliphatic carbocycles. The summed E-state index contributed by atoms with van der Waals surface area (Å²) in [5.74, 6) is -0.163. The van der Waals surface area contributed by atoms with E-state index in [1.54, 1.807) is 6.92 Å². The van der Waals surface area contributed by atoms with Gasteiger partial charge in [-0.15, -0.1) is 0 Å². The maximum Gasteiger partial charge on any atom is 0.240 e. The number of allylic oxidation sites excluding steroid dienone is 1. The van der Waals surface area contributed by atoms with Crippen LogP contribution in [0.15, 0.2) is 11.5 Å². The van der Waals surface area contributed by atoms with Gasteiger partial charge in [0.25, 0.3) is 0 Å². The summed E-state index contributed by atoms with van der Waals surface area (Å²) >= 11 is 0. The second-order valence-electron chi connectivity index (χ2n) is 2.28. The predicted molar refractivity (Wildman–Crippen MR) is 35.5 cm³/mol. The highest BCUT2D eigenvalue weighted by Gasteiger charge is 2.31. The molecular weight excluding hydrogens is 132 g/mol. The van der Waals surface area contributed by atoms with E-state index in [9.17, 15) is 4.79 Å². The fourth-order valence-electron chi connectivity index (χ4n) is 0.917. The number of hydrogen-bond donors (Lipinski definition) is 1. The number of rotatable bonds is 1. The summed E-state index contributed by atoms with van der Waals surface area (Å²) in [4.78, 5) is 10.9. The topological polar surface area (TPSA) is 46.5 Å². The largest absolute Gasteiger partial charge is 0.502 e. The maximum atomic E-state index is 10.9. The Hall–Kier alpha value is -0.990. The molecule has 0 radical (unpaired) electrons.